The lowest BCUT2D eigenvalue weighted by Crippen LogP contribution is -2.45. The van der Waals surface area contributed by atoms with Gasteiger partial charge < -0.3 is 15.2 Å². The fourth-order valence-electron chi connectivity index (χ4n) is 6.54. The van der Waals surface area contributed by atoms with Gasteiger partial charge in [0.15, 0.2) is 0 Å². The second-order valence-corrected chi connectivity index (χ2v) is 9.70. The average Bonchev–Trinajstić information content (AvgIpc) is 3.54. The normalized spacial score (nSPS) is 31.7. The van der Waals surface area contributed by atoms with E-state index in [1.54, 1.807) is 7.11 Å². The Hall–Kier alpha value is -2.33. The van der Waals surface area contributed by atoms with Gasteiger partial charge in [0, 0.05) is 18.1 Å². The van der Waals surface area contributed by atoms with Crippen LogP contribution in [0.3, 0.4) is 0 Å². The molecular formula is C26H30N2O2. The summed E-state index contributed by atoms with van der Waals surface area (Å²) in [6, 6.07) is 13.5. The number of nitrogens with zero attached hydrogens (tertiary/aromatic N) is 1. The molecule has 4 nitrogen and oxygen atoms in total. The Morgan fingerprint density at radius 2 is 1.77 bits per heavy atom. The van der Waals surface area contributed by atoms with E-state index >= 15 is 0 Å². The quantitative estimate of drug-likeness (QED) is 0.812. The fourth-order valence-corrected chi connectivity index (χ4v) is 6.54. The number of rotatable bonds is 3. The van der Waals surface area contributed by atoms with E-state index in [9.17, 15) is 0 Å². The van der Waals surface area contributed by atoms with Crippen LogP contribution in [-0.4, -0.2) is 26.2 Å². The van der Waals surface area contributed by atoms with Gasteiger partial charge >= 0.3 is 0 Å². The number of methoxy groups -OCH3 is 2. The van der Waals surface area contributed by atoms with E-state index in [0.29, 0.717) is 11.9 Å². The maximum atomic E-state index is 6.59. The van der Waals surface area contributed by atoms with Crippen molar-refractivity contribution in [2.75, 3.05) is 14.2 Å². The molecule has 3 aliphatic carbocycles. The van der Waals surface area contributed by atoms with Crippen LogP contribution < -0.4 is 10.5 Å². The number of amidine groups is 1. The van der Waals surface area contributed by atoms with Gasteiger partial charge in [-0.3, -0.25) is 4.99 Å². The Morgan fingerprint density at radius 3 is 2.47 bits per heavy atom. The number of benzene rings is 2. The van der Waals surface area contributed by atoms with Crippen molar-refractivity contribution in [3.63, 3.8) is 0 Å². The number of aliphatic imine (C=N–C) groups is 1. The van der Waals surface area contributed by atoms with Gasteiger partial charge in [-0.05, 0) is 91.3 Å². The molecule has 4 aliphatic rings. The van der Waals surface area contributed by atoms with Gasteiger partial charge in [0.1, 0.15) is 17.1 Å². The van der Waals surface area contributed by atoms with E-state index < -0.39 is 5.54 Å². The van der Waals surface area contributed by atoms with Crippen molar-refractivity contribution >= 4 is 5.84 Å². The van der Waals surface area contributed by atoms with Gasteiger partial charge in [-0.1, -0.05) is 18.2 Å². The predicted octanol–water partition coefficient (Wildman–Crippen LogP) is 4.67. The minimum Gasteiger partial charge on any atom is -0.497 e. The van der Waals surface area contributed by atoms with Crippen LogP contribution in [0.2, 0.25) is 0 Å². The summed E-state index contributed by atoms with van der Waals surface area (Å²) in [4.78, 5) is 5.35. The van der Waals surface area contributed by atoms with Crippen molar-refractivity contribution in [1.82, 2.24) is 0 Å². The standard InChI is InChI=1S/C26H30N2O2/c1-29-19-9-11-25(12-10-19)15-18-6-5-17(16-3-4-16)13-22(18)26(25)23-14-20(30-2)7-8-21(23)24(27)28-26/h5-8,13-14,16,19H,3-4,9-12,15H2,1-2H3,(H2,27,28). The Morgan fingerprint density at radius 1 is 0.967 bits per heavy atom. The summed E-state index contributed by atoms with van der Waals surface area (Å²) < 4.78 is 11.4. The molecule has 1 atom stereocenters. The van der Waals surface area contributed by atoms with Gasteiger partial charge in [0.25, 0.3) is 0 Å². The third kappa shape index (κ3) is 2.34. The van der Waals surface area contributed by atoms with Crippen LogP contribution in [0, 0.1) is 5.41 Å². The molecule has 30 heavy (non-hydrogen) atoms. The molecule has 1 aliphatic heterocycles. The lowest BCUT2D eigenvalue weighted by Gasteiger charge is -2.47. The van der Waals surface area contributed by atoms with Crippen LogP contribution in [0.25, 0.3) is 0 Å². The van der Waals surface area contributed by atoms with Crippen molar-refractivity contribution in [3.8, 4) is 5.75 Å². The summed E-state index contributed by atoms with van der Waals surface area (Å²) >= 11 is 0. The smallest absolute Gasteiger partial charge is 0.127 e. The molecule has 1 unspecified atom stereocenters. The molecule has 2 fully saturated rings. The Kier molecular flexibility index (Phi) is 3.89. The second kappa shape index (κ2) is 6.34. The summed E-state index contributed by atoms with van der Waals surface area (Å²) in [6.07, 6.45) is 8.40. The van der Waals surface area contributed by atoms with Crippen LogP contribution >= 0.6 is 0 Å². The van der Waals surface area contributed by atoms with Crippen LogP contribution in [-0.2, 0) is 16.7 Å². The highest BCUT2D eigenvalue weighted by molar-refractivity contribution is 6.03. The maximum Gasteiger partial charge on any atom is 0.127 e. The number of ether oxygens (including phenoxy) is 2. The molecule has 6 rings (SSSR count). The zero-order valence-electron chi connectivity index (χ0n) is 17.9. The first-order valence-electron chi connectivity index (χ1n) is 11.3. The molecule has 0 radical (unpaired) electrons. The highest BCUT2D eigenvalue weighted by Crippen LogP contribution is 2.65. The number of hydrogen-bond acceptors (Lipinski definition) is 4. The van der Waals surface area contributed by atoms with Gasteiger partial charge in [0.2, 0.25) is 0 Å². The Bertz CT molecular complexity index is 1050. The SMILES string of the molecule is COc1ccc2c(c1)C1(N=C2N)c2cc(C3CC3)ccc2CC12CCC(OC)CC2. The predicted molar refractivity (Wildman–Crippen MR) is 118 cm³/mol. The second-order valence-electron chi connectivity index (χ2n) is 9.70. The fraction of sp³-hybridized carbons (Fsp3) is 0.500. The summed E-state index contributed by atoms with van der Waals surface area (Å²) in [5.41, 5.74) is 12.9. The molecule has 2 spiro atoms. The van der Waals surface area contributed by atoms with E-state index in [4.69, 9.17) is 20.2 Å². The van der Waals surface area contributed by atoms with Crippen molar-refractivity contribution in [2.24, 2.45) is 16.1 Å². The first kappa shape index (κ1) is 18.4. The molecule has 2 N–H and O–H groups in total. The third-order valence-corrected chi connectivity index (χ3v) is 8.27. The monoisotopic (exact) mass is 402 g/mol. The van der Waals surface area contributed by atoms with Crippen molar-refractivity contribution in [3.05, 3.63) is 64.2 Å². The highest BCUT2D eigenvalue weighted by Gasteiger charge is 2.62. The number of fused-ring (bicyclic) bond motifs is 5. The summed E-state index contributed by atoms with van der Waals surface area (Å²) in [5, 5.41) is 0. The minimum atomic E-state index is -0.403. The zero-order chi connectivity index (χ0) is 20.5. The molecule has 0 amide bonds. The van der Waals surface area contributed by atoms with E-state index in [0.717, 1.165) is 49.3 Å². The molecule has 0 saturated heterocycles. The molecule has 0 bridgehead atoms. The van der Waals surface area contributed by atoms with Crippen molar-refractivity contribution in [1.29, 1.82) is 0 Å². The van der Waals surface area contributed by atoms with Gasteiger partial charge in [-0.2, -0.15) is 0 Å². The highest BCUT2D eigenvalue weighted by atomic mass is 16.5. The van der Waals surface area contributed by atoms with E-state index in [-0.39, 0.29) is 5.41 Å². The zero-order valence-corrected chi connectivity index (χ0v) is 17.9. The largest absolute Gasteiger partial charge is 0.497 e. The molecule has 2 aromatic rings. The van der Waals surface area contributed by atoms with Crippen LogP contribution in [0.5, 0.6) is 5.75 Å². The number of hydrogen-bond donors (Lipinski definition) is 1. The van der Waals surface area contributed by atoms with Gasteiger partial charge in [-0.15, -0.1) is 0 Å². The minimum absolute atomic E-state index is 0.0504. The molecule has 156 valence electrons. The Labute approximate surface area is 178 Å². The Balaban J connectivity index is 1.59. The first-order valence-corrected chi connectivity index (χ1v) is 11.3. The topological polar surface area (TPSA) is 56.8 Å². The molecule has 2 aromatic carbocycles. The molecular weight excluding hydrogens is 372 g/mol. The molecule has 1 heterocycles. The lowest BCUT2D eigenvalue weighted by molar-refractivity contribution is 0.00681. The van der Waals surface area contributed by atoms with E-state index in [2.05, 4.69) is 30.3 Å². The molecule has 2 saturated carbocycles. The molecule has 0 aromatic heterocycles. The average molecular weight is 403 g/mol. The summed E-state index contributed by atoms with van der Waals surface area (Å²) in [5.74, 6) is 2.27. The van der Waals surface area contributed by atoms with E-state index in [1.807, 2.05) is 13.2 Å². The first-order chi connectivity index (χ1) is 14.6. The van der Waals surface area contributed by atoms with Crippen molar-refractivity contribution in [2.45, 2.75) is 62.5 Å². The van der Waals surface area contributed by atoms with Gasteiger partial charge in [0.05, 0.1) is 13.2 Å². The van der Waals surface area contributed by atoms with E-state index in [1.165, 1.54) is 35.1 Å². The summed E-state index contributed by atoms with van der Waals surface area (Å²) in [7, 11) is 3.58. The maximum absolute atomic E-state index is 6.59. The van der Waals surface area contributed by atoms with Crippen molar-refractivity contribution < 1.29 is 9.47 Å². The van der Waals surface area contributed by atoms with Crippen LogP contribution in [0.15, 0.2) is 41.4 Å². The molecule has 4 heteroatoms. The lowest BCUT2D eigenvalue weighted by atomic mass is 9.59. The van der Waals surface area contributed by atoms with Crippen LogP contribution in [0.1, 0.15) is 72.3 Å². The third-order valence-electron chi connectivity index (χ3n) is 8.27. The van der Waals surface area contributed by atoms with Gasteiger partial charge in [-0.25, -0.2) is 0 Å². The number of nitrogens with two attached hydrogens (primary N) is 1. The van der Waals surface area contributed by atoms with Crippen LogP contribution in [0.4, 0.5) is 0 Å². The summed E-state index contributed by atoms with van der Waals surface area (Å²) in [6.45, 7) is 0.